The van der Waals surface area contributed by atoms with Crippen molar-refractivity contribution in [2.24, 2.45) is 10.4 Å². The van der Waals surface area contributed by atoms with Gasteiger partial charge in [0.05, 0.1) is 5.69 Å². The van der Waals surface area contributed by atoms with E-state index in [1.165, 1.54) is 24.8 Å². The van der Waals surface area contributed by atoms with Gasteiger partial charge in [0, 0.05) is 52.7 Å². The van der Waals surface area contributed by atoms with Gasteiger partial charge in [0.1, 0.15) is 5.65 Å². The highest BCUT2D eigenvalue weighted by Gasteiger charge is 2.36. The number of fused-ring (bicyclic) bond motifs is 1. The summed E-state index contributed by atoms with van der Waals surface area (Å²) in [4.78, 5) is 9.08. The van der Waals surface area contributed by atoms with Gasteiger partial charge in [-0.25, -0.2) is 4.98 Å². The normalized spacial score (nSPS) is 16.5. The Labute approximate surface area is 156 Å². The maximum Gasteiger partial charge on any atom is 0.191 e. The molecular weight excluding hydrogens is 326 g/mol. The number of guanidine groups is 1. The molecule has 0 spiro atoms. The molecule has 0 aromatic carbocycles. The summed E-state index contributed by atoms with van der Waals surface area (Å²) in [5, 5.41) is 6.91. The van der Waals surface area contributed by atoms with Gasteiger partial charge in [-0.1, -0.05) is 12.5 Å². The molecule has 1 aliphatic carbocycles. The van der Waals surface area contributed by atoms with E-state index in [0.29, 0.717) is 5.41 Å². The van der Waals surface area contributed by atoms with Crippen LogP contribution < -0.4 is 10.6 Å². The summed E-state index contributed by atoms with van der Waals surface area (Å²) in [6.45, 7) is 4.70. The third-order valence-corrected chi connectivity index (χ3v) is 5.51. The van der Waals surface area contributed by atoms with E-state index in [0.717, 1.165) is 49.8 Å². The predicted octanol–water partition coefficient (Wildman–Crippen LogP) is 2.56. The van der Waals surface area contributed by atoms with E-state index in [2.05, 4.69) is 45.3 Å². The third-order valence-electron chi connectivity index (χ3n) is 5.51. The molecule has 1 fully saturated rings. The Morgan fingerprint density at radius 2 is 2.23 bits per heavy atom. The largest absolute Gasteiger partial charge is 0.385 e. The first-order valence-corrected chi connectivity index (χ1v) is 9.52. The van der Waals surface area contributed by atoms with E-state index >= 15 is 0 Å². The predicted molar refractivity (Wildman–Crippen MR) is 106 cm³/mol. The summed E-state index contributed by atoms with van der Waals surface area (Å²) < 4.78 is 7.36. The van der Waals surface area contributed by atoms with Gasteiger partial charge in [-0.3, -0.25) is 4.99 Å². The smallest absolute Gasteiger partial charge is 0.191 e. The summed E-state index contributed by atoms with van der Waals surface area (Å²) in [6, 6.07) is 4.15. The van der Waals surface area contributed by atoms with Crippen LogP contribution in [0.3, 0.4) is 0 Å². The van der Waals surface area contributed by atoms with Gasteiger partial charge in [-0.15, -0.1) is 0 Å². The lowest BCUT2D eigenvalue weighted by molar-refractivity contribution is 0.0732. The molecular formula is C20H31N5O. The van der Waals surface area contributed by atoms with Crippen molar-refractivity contribution < 1.29 is 4.74 Å². The first-order valence-electron chi connectivity index (χ1n) is 9.52. The second-order valence-electron chi connectivity index (χ2n) is 7.35. The van der Waals surface area contributed by atoms with Gasteiger partial charge in [0.2, 0.25) is 0 Å². The minimum Gasteiger partial charge on any atom is -0.385 e. The number of hydrogen-bond donors (Lipinski definition) is 2. The van der Waals surface area contributed by atoms with Crippen molar-refractivity contribution in [3.05, 3.63) is 35.8 Å². The fourth-order valence-electron chi connectivity index (χ4n) is 3.64. The molecule has 0 unspecified atom stereocenters. The lowest BCUT2D eigenvalue weighted by Crippen LogP contribution is -2.47. The highest BCUT2D eigenvalue weighted by molar-refractivity contribution is 5.79. The van der Waals surface area contributed by atoms with Gasteiger partial charge in [-0.05, 0) is 43.2 Å². The number of aromatic nitrogens is 2. The van der Waals surface area contributed by atoms with Gasteiger partial charge in [-0.2, -0.15) is 0 Å². The van der Waals surface area contributed by atoms with Gasteiger partial charge in [0.15, 0.2) is 5.96 Å². The Bertz CT molecular complexity index is 748. The number of aryl methyl sites for hydroxylation is 1. The van der Waals surface area contributed by atoms with E-state index in [1.54, 1.807) is 7.11 Å². The molecule has 0 bridgehead atoms. The average molecular weight is 358 g/mol. The third kappa shape index (κ3) is 4.36. The molecule has 0 saturated heterocycles. The number of nitrogens with zero attached hydrogens (tertiary/aromatic N) is 3. The van der Waals surface area contributed by atoms with Crippen LogP contribution in [0, 0.1) is 12.3 Å². The second-order valence-corrected chi connectivity index (χ2v) is 7.35. The van der Waals surface area contributed by atoms with Crippen LogP contribution >= 0.6 is 0 Å². The highest BCUT2D eigenvalue weighted by Crippen LogP contribution is 2.43. The molecule has 2 aromatic heterocycles. The average Bonchev–Trinajstić information content (AvgIpc) is 3.03. The Hall–Kier alpha value is -2.08. The van der Waals surface area contributed by atoms with Crippen LogP contribution in [-0.2, 0) is 11.2 Å². The lowest BCUT2D eigenvalue weighted by Gasteiger charge is -2.42. The van der Waals surface area contributed by atoms with Crippen LogP contribution in [0.5, 0.6) is 0 Å². The van der Waals surface area contributed by atoms with Crippen molar-refractivity contribution in [3.63, 3.8) is 0 Å². The van der Waals surface area contributed by atoms with Crippen molar-refractivity contribution in [3.8, 4) is 0 Å². The fourth-order valence-corrected chi connectivity index (χ4v) is 3.64. The molecule has 142 valence electrons. The van der Waals surface area contributed by atoms with E-state index in [1.807, 2.05) is 13.2 Å². The second kappa shape index (κ2) is 8.54. The number of rotatable bonds is 8. The van der Waals surface area contributed by atoms with Crippen molar-refractivity contribution in [2.45, 2.75) is 39.0 Å². The van der Waals surface area contributed by atoms with Crippen molar-refractivity contribution in [2.75, 3.05) is 33.9 Å². The summed E-state index contributed by atoms with van der Waals surface area (Å²) in [5.74, 6) is 0.869. The molecule has 1 saturated carbocycles. The molecule has 0 radical (unpaired) electrons. The van der Waals surface area contributed by atoms with Crippen molar-refractivity contribution in [1.82, 2.24) is 20.0 Å². The molecule has 3 rings (SSSR count). The van der Waals surface area contributed by atoms with Gasteiger partial charge < -0.3 is 19.8 Å². The maximum atomic E-state index is 5.27. The van der Waals surface area contributed by atoms with E-state index in [-0.39, 0.29) is 0 Å². The molecule has 1 aliphatic rings. The van der Waals surface area contributed by atoms with Crippen molar-refractivity contribution in [1.29, 1.82) is 0 Å². The standard InChI is InChI=1S/C20H31N5O/c1-16-6-4-12-25-14-17(24-18(16)25)7-11-22-19(21-2)23-15-20(8-5-9-20)10-13-26-3/h4,6,12,14H,5,7-11,13,15H2,1-3H3,(H2,21,22,23). The molecule has 26 heavy (non-hydrogen) atoms. The first-order chi connectivity index (χ1) is 12.7. The minimum absolute atomic E-state index is 0.382. The minimum atomic E-state index is 0.382. The number of pyridine rings is 1. The summed E-state index contributed by atoms with van der Waals surface area (Å²) in [6.07, 6.45) is 10.0. The molecule has 2 aromatic rings. The number of hydrogen-bond acceptors (Lipinski definition) is 3. The number of methoxy groups -OCH3 is 1. The monoisotopic (exact) mass is 357 g/mol. The number of imidazole rings is 1. The van der Waals surface area contributed by atoms with Crippen molar-refractivity contribution >= 4 is 11.6 Å². The summed E-state index contributed by atoms with van der Waals surface area (Å²) in [5.41, 5.74) is 3.71. The molecule has 6 heteroatoms. The zero-order valence-corrected chi connectivity index (χ0v) is 16.2. The number of nitrogens with one attached hydrogen (secondary N) is 2. The topological polar surface area (TPSA) is 63.0 Å². The molecule has 6 nitrogen and oxygen atoms in total. The lowest BCUT2D eigenvalue weighted by atomic mass is 9.67. The fraction of sp³-hybridized carbons (Fsp3) is 0.600. The van der Waals surface area contributed by atoms with E-state index in [9.17, 15) is 0 Å². The van der Waals surface area contributed by atoms with E-state index < -0.39 is 0 Å². The SMILES string of the molecule is CN=C(NCCc1cn2cccc(C)c2n1)NCC1(CCOC)CCC1. The van der Waals surface area contributed by atoms with Crippen LogP contribution in [-0.4, -0.2) is 49.2 Å². The Kier molecular flexibility index (Phi) is 6.14. The molecule has 0 atom stereocenters. The van der Waals surface area contributed by atoms with E-state index in [4.69, 9.17) is 9.72 Å². The number of ether oxygens (including phenoxy) is 1. The molecule has 0 aliphatic heterocycles. The Morgan fingerprint density at radius 3 is 2.88 bits per heavy atom. The maximum absolute atomic E-state index is 5.27. The van der Waals surface area contributed by atoms with Gasteiger partial charge in [0.25, 0.3) is 0 Å². The number of aliphatic imine (C=N–C) groups is 1. The van der Waals surface area contributed by atoms with Crippen LogP contribution in [0.2, 0.25) is 0 Å². The zero-order valence-electron chi connectivity index (χ0n) is 16.2. The molecule has 2 N–H and O–H groups in total. The highest BCUT2D eigenvalue weighted by atomic mass is 16.5. The Balaban J connectivity index is 1.47. The van der Waals surface area contributed by atoms with Gasteiger partial charge >= 0.3 is 0 Å². The van der Waals surface area contributed by atoms with Crippen LogP contribution in [0.15, 0.2) is 29.5 Å². The van der Waals surface area contributed by atoms with Crippen LogP contribution in [0.1, 0.15) is 36.9 Å². The summed E-state index contributed by atoms with van der Waals surface area (Å²) in [7, 11) is 3.60. The summed E-state index contributed by atoms with van der Waals surface area (Å²) >= 11 is 0. The quantitative estimate of drug-likeness (QED) is 0.563. The molecule has 0 amide bonds. The zero-order chi connectivity index (χ0) is 18.4. The first kappa shape index (κ1) is 18.7. The Morgan fingerprint density at radius 1 is 1.38 bits per heavy atom. The molecule has 2 heterocycles. The van der Waals surface area contributed by atoms with Crippen LogP contribution in [0.4, 0.5) is 0 Å². The van der Waals surface area contributed by atoms with Crippen LogP contribution in [0.25, 0.3) is 5.65 Å².